The van der Waals surface area contributed by atoms with Crippen molar-refractivity contribution in [2.24, 2.45) is 4.99 Å². The molecule has 1 unspecified atom stereocenters. The van der Waals surface area contributed by atoms with Gasteiger partial charge in [0.1, 0.15) is 0 Å². The lowest BCUT2D eigenvalue weighted by molar-refractivity contribution is 0.292. The van der Waals surface area contributed by atoms with Crippen molar-refractivity contribution in [1.82, 2.24) is 25.3 Å². The summed E-state index contributed by atoms with van der Waals surface area (Å²) in [5.74, 6) is 0.874. The van der Waals surface area contributed by atoms with E-state index in [0.717, 1.165) is 55.6 Å². The summed E-state index contributed by atoms with van der Waals surface area (Å²) in [6.45, 7) is 17.8. The third-order valence-electron chi connectivity index (χ3n) is 5.57. The van der Waals surface area contributed by atoms with E-state index < -0.39 is 0 Å². The van der Waals surface area contributed by atoms with Crippen LogP contribution < -0.4 is 10.6 Å². The fourth-order valence-electron chi connectivity index (χ4n) is 3.67. The third-order valence-corrected chi connectivity index (χ3v) is 5.57. The zero-order valence-electron chi connectivity index (χ0n) is 19.7. The predicted molar refractivity (Wildman–Crippen MR) is 127 cm³/mol. The van der Waals surface area contributed by atoms with Gasteiger partial charge in [-0.3, -0.25) is 0 Å². The molecule has 1 aromatic carbocycles. The highest BCUT2D eigenvalue weighted by atomic mass is 15.3. The van der Waals surface area contributed by atoms with Crippen LogP contribution >= 0.6 is 0 Å². The van der Waals surface area contributed by atoms with E-state index in [2.05, 4.69) is 69.2 Å². The van der Waals surface area contributed by atoms with E-state index in [1.165, 1.54) is 12.0 Å². The molecule has 1 heterocycles. The van der Waals surface area contributed by atoms with Gasteiger partial charge in [-0.2, -0.15) is 5.10 Å². The summed E-state index contributed by atoms with van der Waals surface area (Å²) in [5.41, 5.74) is 4.44. The minimum Gasteiger partial charge on any atom is -0.357 e. The van der Waals surface area contributed by atoms with E-state index in [-0.39, 0.29) is 0 Å². The summed E-state index contributed by atoms with van der Waals surface area (Å²) in [5, 5.41) is 11.7. The van der Waals surface area contributed by atoms with E-state index in [0.29, 0.717) is 12.6 Å². The zero-order chi connectivity index (χ0) is 21.9. The van der Waals surface area contributed by atoms with E-state index >= 15 is 0 Å². The molecule has 30 heavy (non-hydrogen) atoms. The minimum absolute atomic E-state index is 0.382. The molecule has 2 aromatic rings. The number of rotatable bonds is 11. The number of hydrogen-bond donors (Lipinski definition) is 2. The minimum atomic E-state index is 0.382. The van der Waals surface area contributed by atoms with Crippen molar-refractivity contribution in [3.8, 4) is 5.69 Å². The van der Waals surface area contributed by atoms with Gasteiger partial charge in [0.25, 0.3) is 0 Å². The molecule has 1 atom stereocenters. The molecule has 2 N–H and O–H groups in total. The Morgan fingerprint density at radius 1 is 1.13 bits per heavy atom. The summed E-state index contributed by atoms with van der Waals surface area (Å²) in [6.07, 6.45) is 2.32. The Hall–Kier alpha value is -2.34. The van der Waals surface area contributed by atoms with Gasteiger partial charge in [0.05, 0.1) is 17.9 Å². The summed E-state index contributed by atoms with van der Waals surface area (Å²) in [4.78, 5) is 7.33. The van der Waals surface area contributed by atoms with E-state index in [9.17, 15) is 0 Å². The first kappa shape index (κ1) is 23.9. The van der Waals surface area contributed by atoms with Crippen molar-refractivity contribution in [2.75, 3.05) is 26.2 Å². The summed E-state index contributed by atoms with van der Waals surface area (Å²) in [6, 6.07) is 10.7. The van der Waals surface area contributed by atoms with Crippen LogP contribution in [0.3, 0.4) is 0 Å². The average Bonchev–Trinajstić information content (AvgIpc) is 3.03. The maximum Gasteiger partial charge on any atom is 0.191 e. The van der Waals surface area contributed by atoms with E-state index in [4.69, 9.17) is 10.1 Å². The topological polar surface area (TPSA) is 57.5 Å². The highest BCUT2D eigenvalue weighted by Gasteiger charge is 2.13. The summed E-state index contributed by atoms with van der Waals surface area (Å²) < 4.78 is 2.01. The van der Waals surface area contributed by atoms with Crippen molar-refractivity contribution in [1.29, 1.82) is 0 Å². The number of nitrogens with one attached hydrogen (secondary N) is 2. The van der Waals surface area contributed by atoms with Crippen LogP contribution in [-0.2, 0) is 6.54 Å². The van der Waals surface area contributed by atoms with Crippen LogP contribution in [0.25, 0.3) is 5.69 Å². The largest absolute Gasteiger partial charge is 0.357 e. The fourth-order valence-corrected chi connectivity index (χ4v) is 3.67. The summed E-state index contributed by atoms with van der Waals surface area (Å²) >= 11 is 0. The Labute approximate surface area is 182 Å². The van der Waals surface area contributed by atoms with E-state index in [1.807, 2.05) is 22.9 Å². The molecule has 6 nitrogen and oxygen atoms in total. The maximum absolute atomic E-state index is 4.86. The predicted octanol–water partition coefficient (Wildman–Crippen LogP) is 4.05. The van der Waals surface area contributed by atoms with Crippen molar-refractivity contribution in [3.05, 3.63) is 47.3 Å². The molecular formula is C24H40N6. The molecule has 0 spiro atoms. The van der Waals surface area contributed by atoms with Crippen LogP contribution in [-0.4, -0.2) is 52.9 Å². The van der Waals surface area contributed by atoms with Crippen LogP contribution in [0, 0.1) is 13.8 Å². The number of guanidine groups is 1. The standard InChI is InChI=1S/C24H40N6/c1-7-25-24(27-19(4)14-13-17-29(8-2)9-3)26-18-23-20(5)28-30(21(23)6)22-15-11-10-12-16-22/h10-12,15-16,19H,7-9,13-14,17-18H2,1-6H3,(H2,25,26,27). The Morgan fingerprint density at radius 3 is 2.47 bits per heavy atom. The number of nitrogens with zero attached hydrogens (tertiary/aromatic N) is 4. The van der Waals surface area contributed by atoms with Gasteiger partial charge in [0.2, 0.25) is 0 Å². The fraction of sp³-hybridized carbons (Fsp3) is 0.583. The Bertz CT molecular complexity index is 776. The number of aliphatic imine (C=N–C) groups is 1. The molecule has 0 saturated heterocycles. The molecule has 1 aromatic heterocycles. The lowest BCUT2D eigenvalue weighted by Gasteiger charge is -2.21. The molecule has 166 valence electrons. The van der Waals surface area contributed by atoms with Gasteiger partial charge >= 0.3 is 0 Å². The Balaban J connectivity index is 2.01. The number of hydrogen-bond acceptors (Lipinski definition) is 3. The first-order chi connectivity index (χ1) is 14.5. The van der Waals surface area contributed by atoms with Crippen LogP contribution in [0.4, 0.5) is 0 Å². The monoisotopic (exact) mass is 412 g/mol. The lowest BCUT2D eigenvalue weighted by Crippen LogP contribution is -2.42. The molecule has 0 fully saturated rings. The van der Waals surface area contributed by atoms with Crippen molar-refractivity contribution < 1.29 is 0 Å². The molecule has 0 radical (unpaired) electrons. The molecule has 0 bridgehead atoms. The van der Waals surface area contributed by atoms with Crippen LogP contribution in [0.5, 0.6) is 0 Å². The van der Waals surface area contributed by atoms with Crippen molar-refractivity contribution >= 4 is 5.96 Å². The van der Waals surface area contributed by atoms with Gasteiger partial charge < -0.3 is 15.5 Å². The number of aromatic nitrogens is 2. The highest BCUT2D eigenvalue weighted by molar-refractivity contribution is 5.80. The molecule has 6 heteroatoms. The second-order valence-corrected chi connectivity index (χ2v) is 7.81. The Morgan fingerprint density at radius 2 is 1.83 bits per heavy atom. The summed E-state index contributed by atoms with van der Waals surface area (Å²) in [7, 11) is 0. The highest BCUT2D eigenvalue weighted by Crippen LogP contribution is 2.18. The molecule has 0 saturated carbocycles. The van der Waals surface area contributed by atoms with Gasteiger partial charge in [-0.15, -0.1) is 0 Å². The van der Waals surface area contributed by atoms with Crippen LogP contribution in [0.1, 0.15) is 57.5 Å². The number of aryl methyl sites for hydroxylation is 1. The van der Waals surface area contributed by atoms with E-state index in [1.54, 1.807) is 0 Å². The first-order valence-electron chi connectivity index (χ1n) is 11.4. The molecule has 0 amide bonds. The maximum atomic E-state index is 4.86. The molecule has 0 aliphatic carbocycles. The Kier molecular flexibility index (Phi) is 9.87. The van der Waals surface area contributed by atoms with Gasteiger partial charge in [-0.1, -0.05) is 32.0 Å². The second kappa shape index (κ2) is 12.4. The normalized spacial score (nSPS) is 13.0. The van der Waals surface area contributed by atoms with Gasteiger partial charge in [-0.25, -0.2) is 9.67 Å². The number of benzene rings is 1. The van der Waals surface area contributed by atoms with Crippen LogP contribution in [0.2, 0.25) is 0 Å². The van der Waals surface area contributed by atoms with Crippen molar-refractivity contribution in [3.63, 3.8) is 0 Å². The molecule has 0 aliphatic heterocycles. The smallest absolute Gasteiger partial charge is 0.191 e. The van der Waals surface area contributed by atoms with Crippen molar-refractivity contribution in [2.45, 2.75) is 67.0 Å². The van der Waals surface area contributed by atoms with Gasteiger partial charge in [-0.05, 0) is 72.3 Å². The average molecular weight is 413 g/mol. The third kappa shape index (κ3) is 6.87. The van der Waals surface area contributed by atoms with Crippen LogP contribution in [0.15, 0.2) is 35.3 Å². The second-order valence-electron chi connectivity index (χ2n) is 7.81. The van der Waals surface area contributed by atoms with Gasteiger partial charge in [0, 0.05) is 23.8 Å². The first-order valence-corrected chi connectivity index (χ1v) is 11.4. The molecule has 2 rings (SSSR count). The SMILES string of the molecule is CCNC(=NCc1c(C)nn(-c2ccccc2)c1C)NC(C)CCCN(CC)CC. The molecular weight excluding hydrogens is 372 g/mol. The molecule has 0 aliphatic rings. The lowest BCUT2D eigenvalue weighted by atomic mass is 10.2. The number of para-hydroxylation sites is 1. The quantitative estimate of drug-likeness (QED) is 0.432. The zero-order valence-corrected chi connectivity index (χ0v) is 19.7. The van der Waals surface area contributed by atoms with Gasteiger partial charge in [0.15, 0.2) is 5.96 Å².